The van der Waals surface area contributed by atoms with Crippen molar-refractivity contribution in [2.24, 2.45) is 11.1 Å². The lowest BCUT2D eigenvalue weighted by atomic mass is 9.91. The molecule has 0 radical (unpaired) electrons. The zero-order valence-electron chi connectivity index (χ0n) is 10.5. The van der Waals surface area contributed by atoms with Gasteiger partial charge in [-0.1, -0.05) is 6.42 Å². The van der Waals surface area contributed by atoms with Crippen LogP contribution in [0.25, 0.3) is 0 Å². The van der Waals surface area contributed by atoms with Gasteiger partial charge in [-0.2, -0.15) is 0 Å². The van der Waals surface area contributed by atoms with E-state index in [4.69, 9.17) is 10.5 Å². The highest BCUT2D eigenvalue weighted by Gasteiger charge is 2.42. The maximum Gasteiger partial charge on any atom is 0.0468 e. The third kappa shape index (κ3) is 3.44. The van der Waals surface area contributed by atoms with Crippen LogP contribution in [0.4, 0.5) is 0 Å². The van der Waals surface area contributed by atoms with Crippen LogP contribution in [-0.2, 0) is 4.74 Å². The molecule has 0 aliphatic heterocycles. The second-order valence-corrected chi connectivity index (χ2v) is 5.75. The Balaban J connectivity index is 1.66. The lowest BCUT2D eigenvalue weighted by molar-refractivity contribution is 0.168. The Hall–Kier alpha value is -0.120. The summed E-state index contributed by atoms with van der Waals surface area (Å²) in [5, 5.41) is 3.73. The van der Waals surface area contributed by atoms with Crippen molar-refractivity contribution in [2.45, 2.75) is 57.0 Å². The molecule has 0 amide bonds. The summed E-state index contributed by atoms with van der Waals surface area (Å²) in [6.07, 6.45) is 8.96. The molecule has 16 heavy (non-hydrogen) atoms. The molecule has 3 heteroatoms. The van der Waals surface area contributed by atoms with Crippen molar-refractivity contribution in [3.8, 4) is 0 Å². The quantitative estimate of drug-likeness (QED) is 0.724. The molecule has 0 aromatic heterocycles. The maximum atomic E-state index is 6.00. The topological polar surface area (TPSA) is 47.3 Å². The smallest absolute Gasteiger partial charge is 0.0468 e. The first-order chi connectivity index (χ1) is 7.74. The maximum absolute atomic E-state index is 6.00. The summed E-state index contributed by atoms with van der Waals surface area (Å²) in [5.74, 6) is 0. The van der Waals surface area contributed by atoms with Crippen molar-refractivity contribution in [1.82, 2.24) is 5.32 Å². The first kappa shape index (κ1) is 12.3. The van der Waals surface area contributed by atoms with Gasteiger partial charge < -0.3 is 15.8 Å². The van der Waals surface area contributed by atoms with Crippen LogP contribution in [0.1, 0.15) is 44.9 Å². The minimum Gasteiger partial charge on any atom is -0.385 e. The van der Waals surface area contributed by atoms with E-state index < -0.39 is 0 Å². The van der Waals surface area contributed by atoms with Gasteiger partial charge in [0.2, 0.25) is 0 Å². The van der Waals surface area contributed by atoms with Crippen LogP contribution in [0.3, 0.4) is 0 Å². The van der Waals surface area contributed by atoms with Crippen LogP contribution in [0.15, 0.2) is 0 Å². The van der Waals surface area contributed by atoms with E-state index in [0.717, 1.165) is 6.61 Å². The molecular formula is C13H26N2O. The summed E-state index contributed by atoms with van der Waals surface area (Å²) in [6, 6.07) is 1.10. The monoisotopic (exact) mass is 226 g/mol. The van der Waals surface area contributed by atoms with E-state index in [9.17, 15) is 0 Å². The molecular weight excluding hydrogens is 200 g/mol. The molecule has 2 fully saturated rings. The van der Waals surface area contributed by atoms with E-state index in [0.29, 0.717) is 17.5 Å². The Morgan fingerprint density at radius 3 is 2.81 bits per heavy atom. The number of methoxy groups -OCH3 is 1. The zero-order valence-corrected chi connectivity index (χ0v) is 10.5. The molecule has 0 saturated heterocycles. The Bertz CT molecular complexity index is 216. The zero-order chi connectivity index (χ0) is 11.4. The molecule has 2 unspecified atom stereocenters. The van der Waals surface area contributed by atoms with Crippen molar-refractivity contribution < 1.29 is 4.74 Å². The van der Waals surface area contributed by atoms with E-state index in [1.54, 1.807) is 7.11 Å². The van der Waals surface area contributed by atoms with Crippen molar-refractivity contribution >= 4 is 0 Å². The van der Waals surface area contributed by atoms with Crippen LogP contribution >= 0.6 is 0 Å². The fourth-order valence-corrected chi connectivity index (χ4v) is 2.78. The molecule has 0 bridgehead atoms. The number of nitrogens with one attached hydrogen (secondary N) is 1. The third-order valence-electron chi connectivity index (χ3n) is 4.27. The molecule has 3 N–H and O–H groups in total. The van der Waals surface area contributed by atoms with Gasteiger partial charge in [0.15, 0.2) is 0 Å². The van der Waals surface area contributed by atoms with Crippen LogP contribution < -0.4 is 11.1 Å². The number of hydrogen-bond acceptors (Lipinski definition) is 3. The first-order valence-electron chi connectivity index (χ1n) is 6.72. The average molecular weight is 226 g/mol. The summed E-state index contributed by atoms with van der Waals surface area (Å²) in [7, 11) is 1.80. The van der Waals surface area contributed by atoms with Gasteiger partial charge in [-0.05, 0) is 43.9 Å². The Morgan fingerprint density at radius 1 is 1.38 bits per heavy atom. The standard InChI is InChI=1S/C13H26N2O/c1-16-8-7-13(5-6-13)10-15-12-4-2-3-11(14)9-12/h11-12,15H,2-10,14H2,1H3. The van der Waals surface area contributed by atoms with E-state index in [1.165, 1.54) is 51.5 Å². The molecule has 2 atom stereocenters. The largest absolute Gasteiger partial charge is 0.385 e. The molecule has 2 aliphatic carbocycles. The number of hydrogen-bond donors (Lipinski definition) is 2. The second kappa shape index (κ2) is 5.48. The highest BCUT2D eigenvalue weighted by Crippen LogP contribution is 2.48. The van der Waals surface area contributed by atoms with Gasteiger partial charge in [0, 0.05) is 32.3 Å². The van der Waals surface area contributed by atoms with E-state index in [2.05, 4.69) is 5.32 Å². The lowest BCUT2D eigenvalue weighted by Crippen LogP contribution is -2.41. The van der Waals surface area contributed by atoms with Crippen molar-refractivity contribution in [1.29, 1.82) is 0 Å². The Morgan fingerprint density at radius 2 is 2.19 bits per heavy atom. The summed E-state index contributed by atoms with van der Waals surface area (Å²) >= 11 is 0. The van der Waals surface area contributed by atoms with Gasteiger partial charge in [-0.3, -0.25) is 0 Å². The van der Waals surface area contributed by atoms with Crippen LogP contribution in [0, 0.1) is 5.41 Å². The normalized spacial score (nSPS) is 32.6. The number of ether oxygens (including phenoxy) is 1. The second-order valence-electron chi connectivity index (χ2n) is 5.75. The average Bonchev–Trinajstić information content (AvgIpc) is 3.05. The highest BCUT2D eigenvalue weighted by atomic mass is 16.5. The molecule has 3 nitrogen and oxygen atoms in total. The first-order valence-corrected chi connectivity index (χ1v) is 6.72. The van der Waals surface area contributed by atoms with Gasteiger partial charge in [0.05, 0.1) is 0 Å². The van der Waals surface area contributed by atoms with E-state index in [1.807, 2.05) is 0 Å². The van der Waals surface area contributed by atoms with Gasteiger partial charge in [-0.15, -0.1) is 0 Å². The van der Waals surface area contributed by atoms with Gasteiger partial charge in [-0.25, -0.2) is 0 Å². The fourth-order valence-electron chi connectivity index (χ4n) is 2.78. The Kier molecular flexibility index (Phi) is 4.22. The summed E-state index contributed by atoms with van der Waals surface area (Å²) in [6.45, 7) is 2.08. The molecule has 0 spiro atoms. The minimum atomic E-state index is 0.431. The molecule has 2 rings (SSSR count). The molecule has 2 saturated carbocycles. The summed E-state index contributed by atoms with van der Waals surface area (Å²) in [5.41, 5.74) is 6.57. The fraction of sp³-hybridized carbons (Fsp3) is 1.00. The van der Waals surface area contributed by atoms with E-state index in [-0.39, 0.29) is 0 Å². The van der Waals surface area contributed by atoms with Crippen LogP contribution in [0.2, 0.25) is 0 Å². The predicted molar refractivity (Wildman–Crippen MR) is 66.4 cm³/mol. The predicted octanol–water partition coefficient (Wildman–Crippen LogP) is 1.66. The lowest BCUT2D eigenvalue weighted by Gasteiger charge is -2.29. The molecule has 0 aromatic rings. The summed E-state index contributed by atoms with van der Waals surface area (Å²) < 4.78 is 5.18. The SMILES string of the molecule is COCCC1(CNC2CCCC(N)C2)CC1. The van der Waals surface area contributed by atoms with Gasteiger partial charge in [0.25, 0.3) is 0 Å². The van der Waals surface area contributed by atoms with Crippen LogP contribution in [0.5, 0.6) is 0 Å². The summed E-state index contributed by atoms with van der Waals surface area (Å²) in [4.78, 5) is 0. The van der Waals surface area contributed by atoms with Crippen molar-refractivity contribution in [3.63, 3.8) is 0 Å². The van der Waals surface area contributed by atoms with Gasteiger partial charge >= 0.3 is 0 Å². The number of nitrogens with two attached hydrogens (primary N) is 1. The number of rotatable bonds is 6. The molecule has 2 aliphatic rings. The highest BCUT2D eigenvalue weighted by molar-refractivity contribution is 4.96. The third-order valence-corrected chi connectivity index (χ3v) is 4.27. The molecule has 0 heterocycles. The van der Waals surface area contributed by atoms with Crippen molar-refractivity contribution in [2.75, 3.05) is 20.3 Å². The Labute approximate surface area is 99.1 Å². The van der Waals surface area contributed by atoms with Gasteiger partial charge in [0.1, 0.15) is 0 Å². The van der Waals surface area contributed by atoms with Crippen molar-refractivity contribution in [3.05, 3.63) is 0 Å². The molecule has 0 aromatic carbocycles. The minimum absolute atomic E-state index is 0.431. The molecule has 94 valence electrons. The van der Waals surface area contributed by atoms with Crippen LogP contribution in [-0.4, -0.2) is 32.3 Å². The van der Waals surface area contributed by atoms with E-state index >= 15 is 0 Å².